The van der Waals surface area contributed by atoms with Crippen LogP contribution in [0.2, 0.25) is 0 Å². The van der Waals surface area contributed by atoms with E-state index in [0.29, 0.717) is 12.8 Å². The second kappa shape index (κ2) is 60.2. The van der Waals surface area contributed by atoms with Gasteiger partial charge in [0.1, 0.15) is 12.2 Å². The van der Waals surface area contributed by atoms with Crippen molar-refractivity contribution in [2.75, 3.05) is 6.61 Å². The predicted molar refractivity (Wildman–Crippen MR) is 312 cm³/mol. The number of hydrogen-bond donors (Lipinski definition) is 5. The van der Waals surface area contributed by atoms with E-state index in [0.717, 1.165) is 38.5 Å². The van der Waals surface area contributed by atoms with Gasteiger partial charge in [0.05, 0.1) is 18.8 Å². The van der Waals surface area contributed by atoms with Crippen LogP contribution in [-0.4, -0.2) is 57.3 Å². The molecule has 0 bridgehead atoms. The molecule has 5 N–H and O–H groups in total. The van der Waals surface area contributed by atoms with Gasteiger partial charge in [0.25, 0.3) is 0 Å². The number of aliphatic hydroxyl groups is 4. The Kier molecular flexibility index (Phi) is 59.6. The summed E-state index contributed by atoms with van der Waals surface area (Å²) in [4.78, 5) is 12.6. The van der Waals surface area contributed by atoms with Crippen LogP contribution >= 0.6 is 0 Å². The molecule has 0 aliphatic rings. The number of rotatable bonds is 62. The normalized spacial score (nSPS) is 13.5. The van der Waals surface area contributed by atoms with Crippen LogP contribution in [0.5, 0.6) is 0 Å². The minimum absolute atomic E-state index is 0.377. The van der Waals surface area contributed by atoms with Crippen LogP contribution in [0, 0.1) is 0 Å². The van der Waals surface area contributed by atoms with Gasteiger partial charge in [-0.15, -0.1) is 0 Å². The van der Waals surface area contributed by atoms with Crippen LogP contribution in [0.1, 0.15) is 380 Å². The van der Waals surface area contributed by atoms with Gasteiger partial charge in [-0.3, -0.25) is 4.79 Å². The summed E-state index contributed by atoms with van der Waals surface area (Å²) < 4.78 is 0. The number of unbranched alkanes of at least 4 members (excludes halogenated alkanes) is 53. The molecule has 71 heavy (non-hydrogen) atoms. The van der Waals surface area contributed by atoms with Gasteiger partial charge in [0.15, 0.2) is 0 Å². The van der Waals surface area contributed by atoms with Gasteiger partial charge in [-0.2, -0.15) is 0 Å². The highest BCUT2D eigenvalue weighted by Gasteiger charge is 2.28. The van der Waals surface area contributed by atoms with E-state index >= 15 is 0 Å². The fourth-order valence-corrected chi connectivity index (χ4v) is 10.9. The van der Waals surface area contributed by atoms with E-state index in [-0.39, 0.29) is 0 Å². The summed E-state index contributed by atoms with van der Waals surface area (Å²) in [7, 11) is 0. The fraction of sp³-hybridized carbons (Fsp3) is 0.985. The minimum Gasteiger partial charge on any atom is -0.394 e. The maximum atomic E-state index is 12.6. The summed E-state index contributed by atoms with van der Waals surface area (Å²) in [6.45, 7) is 4.10. The molecule has 0 saturated heterocycles. The summed E-state index contributed by atoms with van der Waals surface area (Å²) in [6, 6.07) is -0.981. The first-order valence-electron chi connectivity index (χ1n) is 32.9. The highest BCUT2D eigenvalue weighted by molar-refractivity contribution is 5.80. The van der Waals surface area contributed by atoms with Gasteiger partial charge in [0.2, 0.25) is 5.91 Å². The van der Waals surface area contributed by atoms with Gasteiger partial charge < -0.3 is 25.7 Å². The van der Waals surface area contributed by atoms with E-state index in [1.54, 1.807) is 0 Å². The summed E-state index contributed by atoms with van der Waals surface area (Å²) in [6.07, 6.45) is 72.2. The van der Waals surface area contributed by atoms with E-state index in [1.807, 2.05) is 0 Å². The summed E-state index contributed by atoms with van der Waals surface area (Å²) >= 11 is 0. The first-order chi connectivity index (χ1) is 35.0. The molecule has 1 amide bonds. The maximum Gasteiger partial charge on any atom is 0.249 e. The largest absolute Gasteiger partial charge is 0.394 e. The summed E-state index contributed by atoms with van der Waals surface area (Å²) in [5, 5.41) is 44.1. The zero-order chi connectivity index (χ0) is 51.6. The lowest BCUT2D eigenvalue weighted by molar-refractivity contribution is -0.132. The fourth-order valence-electron chi connectivity index (χ4n) is 10.9. The van der Waals surface area contributed by atoms with Crippen molar-refractivity contribution >= 4 is 5.91 Å². The van der Waals surface area contributed by atoms with Crippen molar-refractivity contribution in [2.45, 2.75) is 404 Å². The first-order valence-corrected chi connectivity index (χ1v) is 32.9. The van der Waals surface area contributed by atoms with Gasteiger partial charge in [-0.1, -0.05) is 367 Å². The van der Waals surface area contributed by atoms with E-state index in [1.165, 1.54) is 315 Å². The number of aliphatic hydroxyl groups excluding tert-OH is 4. The van der Waals surface area contributed by atoms with Crippen molar-refractivity contribution in [1.82, 2.24) is 5.32 Å². The molecule has 0 radical (unpaired) electrons. The molecule has 6 nitrogen and oxygen atoms in total. The van der Waals surface area contributed by atoms with Gasteiger partial charge in [0, 0.05) is 0 Å². The van der Waals surface area contributed by atoms with Gasteiger partial charge in [-0.05, 0) is 12.8 Å². The third-order valence-electron chi connectivity index (χ3n) is 16.1. The highest BCUT2D eigenvalue weighted by Crippen LogP contribution is 2.20. The SMILES string of the molecule is CCCCCCCCCCCCCCCCCCCCCCCCCCCCCCCCCCCCCCCCC(O)C(=O)NC(CO)C(O)C(O)CCCCCCCCCCCCCCCCCCC. The molecule has 0 aromatic carbocycles. The average molecular weight is 1010 g/mol. The molecule has 0 saturated carbocycles. The van der Waals surface area contributed by atoms with Gasteiger partial charge in [-0.25, -0.2) is 0 Å². The van der Waals surface area contributed by atoms with Crippen molar-refractivity contribution in [2.24, 2.45) is 0 Å². The number of amides is 1. The van der Waals surface area contributed by atoms with Crippen molar-refractivity contribution in [3.8, 4) is 0 Å². The molecule has 6 heteroatoms. The third-order valence-corrected chi connectivity index (χ3v) is 16.1. The smallest absolute Gasteiger partial charge is 0.249 e. The molecular weight excluding hydrogens is 875 g/mol. The molecule has 426 valence electrons. The van der Waals surface area contributed by atoms with Crippen LogP contribution in [-0.2, 0) is 4.79 Å². The zero-order valence-electron chi connectivity index (χ0n) is 48.5. The summed E-state index contributed by atoms with van der Waals surface area (Å²) in [5.41, 5.74) is 0. The van der Waals surface area contributed by atoms with Crippen LogP contribution in [0.4, 0.5) is 0 Å². The van der Waals surface area contributed by atoms with Crippen molar-refractivity contribution in [3.05, 3.63) is 0 Å². The zero-order valence-corrected chi connectivity index (χ0v) is 48.5. The average Bonchev–Trinajstić information content (AvgIpc) is 3.38. The predicted octanol–water partition coefficient (Wildman–Crippen LogP) is 19.8. The van der Waals surface area contributed by atoms with Crippen LogP contribution in [0.3, 0.4) is 0 Å². The van der Waals surface area contributed by atoms with Crippen molar-refractivity contribution in [3.63, 3.8) is 0 Å². The van der Waals surface area contributed by atoms with E-state index < -0.39 is 36.9 Å². The summed E-state index contributed by atoms with van der Waals surface area (Å²) in [5.74, 6) is -0.574. The molecule has 4 atom stereocenters. The Morgan fingerprint density at radius 3 is 0.676 bits per heavy atom. The quantitative estimate of drug-likeness (QED) is 0.0390. The third kappa shape index (κ3) is 53.9. The lowest BCUT2D eigenvalue weighted by Gasteiger charge is -2.27. The van der Waals surface area contributed by atoms with Crippen molar-refractivity contribution in [1.29, 1.82) is 0 Å². The number of carbonyl (C=O) groups is 1. The van der Waals surface area contributed by atoms with Crippen LogP contribution in [0.15, 0.2) is 0 Å². The Hall–Kier alpha value is -0.690. The Bertz CT molecular complexity index is 995. The highest BCUT2D eigenvalue weighted by atomic mass is 16.3. The molecular formula is C65H131NO5. The standard InChI is InChI=1S/C65H131NO5/c1-3-5-7-9-11-13-15-17-19-21-22-23-24-25-26-27-28-29-30-31-32-33-34-35-36-37-38-39-40-41-43-45-47-49-51-53-55-57-59-63(69)65(71)66-61(60-67)64(70)62(68)58-56-54-52-50-48-46-44-42-20-18-16-14-12-10-8-6-4-2/h61-64,67-70H,3-60H2,1-2H3,(H,66,71). The topological polar surface area (TPSA) is 110 Å². The van der Waals surface area contributed by atoms with E-state index in [9.17, 15) is 25.2 Å². The molecule has 0 aliphatic carbocycles. The van der Waals surface area contributed by atoms with Crippen LogP contribution < -0.4 is 5.32 Å². The maximum absolute atomic E-state index is 12.6. The minimum atomic E-state index is -1.25. The van der Waals surface area contributed by atoms with Crippen LogP contribution in [0.25, 0.3) is 0 Å². The Balaban J connectivity index is 3.46. The first kappa shape index (κ1) is 70.3. The van der Waals surface area contributed by atoms with Crippen molar-refractivity contribution < 1.29 is 25.2 Å². The monoisotopic (exact) mass is 1010 g/mol. The second-order valence-corrected chi connectivity index (χ2v) is 23.2. The lowest BCUT2D eigenvalue weighted by atomic mass is 9.99. The molecule has 0 spiro atoms. The van der Waals surface area contributed by atoms with E-state index in [4.69, 9.17) is 0 Å². The molecule has 0 aliphatic heterocycles. The van der Waals surface area contributed by atoms with E-state index in [2.05, 4.69) is 19.2 Å². The Labute approximate surface area is 445 Å². The molecule has 0 fully saturated rings. The second-order valence-electron chi connectivity index (χ2n) is 23.2. The Morgan fingerprint density at radius 1 is 0.296 bits per heavy atom. The molecule has 0 aromatic rings. The van der Waals surface area contributed by atoms with Gasteiger partial charge >= 0.3 is 0 Å². The molecule has 0 rings (SSSR count). The number of carbonyl (C=O) groups excluding carboxylic acids is 1. The molecule has 0 aromatic heterocycles. The molecule has 4 unspecified atom stereocenters. The Morgan fingerprint density at radius 2 is 0.479 bits per heavy atom. The number of hydrogen-bond acceptors (Lipinski definition) is 5. The molecule has 0 heterocycles. The lowest BCUT2D eigenvalue weighted by Crippen LogP contribution is -2.53. The number of nitrogens with one attached hydrogen (secondary N) is 1.